The highest BCUT2D eigenvalue weighted by Gasteiger charge is 2.00. The van der Waals surface area contributed by atoms with Gasteiger partial charge in [-0.2, -0.15) is 5.26 Å². The monoisotopic (exact) mass is 254 g/mol. The molecule has 0 aliphatic rings. The van der Waals surface area contributed by atoms with Crippen LogP contribution in [-0.2, 0) is 13.1 Å². The molecule has 0 fully saturated rings. The van der Waals surface area contributed by atoms with E-state index in [9.17, 15) is 4.39 Å². The largest absolute Gasteiger partial charge is 0.309 e. The number of benzene rings is 2. The van der Waals surface area contributed by atoms with Crippen LogP contribution in [0, 0.1) is 24.1 Å². The Kier molecular flexibility index (Phi) is 4.27. The van der Waals surface area contributed by atoms with Gasteiger partial charge >= 0.3 is 0 Å². The summed E-state index contributed by atoms with van der Waals surface area (Å²) in [5.74, 6) is -0.216. The molecule has 0 aliphatic carbocycles. The van der Waals surface area contributed by atoms with Crippen LogP contribution in [0.2, 0.25) is 0 Å². The van der Waals surface area contributed by atoms with Crippen molar-refractivity contribution >= 4 is 0 Å². The van der Waals surface area contributed by atoms with Gasteiger partial charge in [-0.25, -0.2) is 4.39 Å². The lowest BCUT2D eigenvalue weighted by Crippen LogP contribution is -2.13. The lowest BCUT2D eigenvalue weighted by atomic mass is 10.1. The van der Waals surface area contributed by atoms with Gasteiger partial charge in [-0.1, -0.05) is 18.2 Å². The molecule has 96 valence electrons. The highest BCUT2D eigenvalue weighted by atomic mass is 19.1. The molecule has 2 aromatic carbocycles. The first kappa shape index (κ1) is 13.3. The Bertz CT molecular complexity index is 597. The third kappa shape index (κ3) is 3.64. The summed E-state index contributed by atoms with van der Waals surface area (Å²) < 4.78 is 12.8. The molecule has 0 saturated heterocycles. The van der Waals surface area contributed by atoms with Crippen LogP contribution in [-0.4, -0.2) is 0 Å². The highest BCUT2D eigenvalue weighted by Crippen LogP contribution is 2.10. The first-order valence-corrected chi connectivity index (χ1v) is 6.14. The zero-order valence-corrected chi connectivity index (χ0v) is 10.8. The molecule has 0 spiro atoms. The van der Waals surface area contributed by atoms with Crippen molar-refractivity contribution in [3.05, 3.63) is 70.5 Å². The van der Waals surface area contributed by atoms with E-state index in [0.29, 0.717) is 12.1 Å². The van der Waals surface area contributed by atoms with Crippen molar-refractivity contribution in [3.8, 4) is 6.07 Å². The number of nitrogens with one attached hydrogen (secondary N) is 1. The number of nitriles is 1. The summed E-state index contributed by atoms with van der Waals surface area (Å²) in [7, 11) is 0. The number of nitrogens with zero attached hydrogens (tertiary/aromatic N) is 1. The fourth-order valence-electron chi connectivity index (χ4n) is 1.91. The summed E-state index contributed by atoms with van der Waals surface area (Å²) in [6.45, 7) is 3.42. The minimum atomic E-state index is -0.216. The molecule has 0 bridgehead atoms. The van der Waals surface area contributed by atoms with Crippen LogP contribution in [0.15, 0.2) is 42.5 Å². The van der Waals surface area contributed by atoms with Gasteiger partial charge in [-0.3, -0.25) is 0 Å². The van der Waals surface area contributed by atoms with Crippen LogP contribution in [0.4, 0.5) is 4.39 Å². The second kappa shape index (κ2) is 6.12. The molecular weight excluding hydrogens is 239 g/mol. The van der Waals surface area contributed by atoms with E-state index in [1.54, 1.807) is 12.1 Å². The van der Waals surface area contributed by atoms with Crippen LogP contribution in [0.3, 0.4) is 0 Å². The molecule has 0 saturated carbocycles. The molecule has 0 heterocycles. The van der Waals surface area contributed by atoms with Gasteiger partial charge in [0.2, 0.25) is 0 Å². The van der Waals surface area contributed by atoms with Crippen LogP contribution in [0.1, 0.15) is 22.3 Å². The Labute approximate surface area is 112 Å². The molecule has 2 rings (SSSR count). The first-order valence-electron chi connectivity index (χ1n) is 6.14. The van der Waals surface area contributed by atoms with E-state index < -0.39 is 0 Å². The van der Waals surface area contributed by atoms with Crippen LogP contribution >= 0.6 is 0 Å². The Morgan fingerprint density at radius 1 is 1.11 bits per heavy atom. The van der Waals surface area contributed by atoms with Crippen LogP contribution in [0.5, 0.6) is 0 Å². The maximum atomic E-state index is 12.8. The molecule has 0 radical (unpaired) electrons. The zero-order valence-electron chi connectivity index (χ0n) is 10.8. The van der Waals surface area contributed by atoms with E-state index in [1.807, 2.05) is 25.1 Å². The van der Waals surface area contributed by atoms with E-state index >= 15 is 0 Å². The average Bonchev–Trinajstić information content (AvgIpc) is 2.42. The van der Waals surface area contributed by atoms with Gasteiger partial charge in [0.25, 0.3) is 0 Å². The number of aryl methyl sites for hydroxylation is 1. The maximum Gasteiger partial charge on any atom is 0.123 e. The van der Waals surface area contributed by atoms with Gasteiger partial charge in [0.15, 0.2) is 0 Å². The van der Waals surface area contributed by atoms with E-state index in [0.717, 1.165) is 17.7 Å². The Morgan fingerprint density at radius 2 is 1.84 bits per heavy atom. The summed E-state index contributed by atoms with van der Waals surface area (Å²) in [6, 6.07) is 14.3. The molecule has 19 heavy (non-hydrogen) atoms. The lowest BCUT2D eigenvalue weighted by molar-refractivity contribution is 0.625. The summed E-state index contributed by atoms with van der Waals surface area (Å²) in [5.41, 5.74) is 4.00. The SMILES string of the molecule is Cc1cc(C#N)ccc1CNCc1ccc(F)cc1. The van der Waals surface area contributed by atoms with Gasteiger partial charge in [0, 0.05) is 13.1 Å². The highest BCUT2D eigenvalue weighted by molar-refractivity contribution is 5.37. The zero-order chi connectivity index (χ0) is 13.7. The molecule has 1 N–H and O–H groups in total. The molecular formula is C16H15FN2. The average molecular weight is 254 g/mol. The van der Waals surface area contributed by atoms with Crippen molar-refractivity contribution in [1.29, 1.82) is 5.26 Å². The fourth-order valence-corrected chi connectivity index (χ4v) is 1.91. The molecule has 2 nitrogen and oxygen atoms in total. The Hall–Kier alpha value is -2.18. The number of hydrogen-bond donors (Lipinski definition) is 1. The molecule has 3 heteroatoms. The van der Waals surface area contributed by atoms with E-state index in [-0.39, 0.29) is 5.82 Å². The van der Waals surface area contributed by atoms with Crippen LogP contribution < -0.4 is 5.32 Å². The van der Waals surface area contributed by atoms with Crippen molar-refractivity contribution < 1.29 is 4.39 Å². The quantitative estimate of drug-likeness (QED) is 0.908. The summed E-state index contributed by atoms with van der Waals surface area (Å²) in [6.07, 6.45) is 0. The summed E-state index contributed by atoms with van der Waals surface area (Å²) in [4.78, 5) is 0. The third-order valence-corrected chi connectivity index (χ3v) is 3.03. The third-order valence-electron chi connectivity index (χ3n) is 3.03. The van der Waals surface area contributed by atoms with Gasteiger partial charge < -0.3 is 5.32 Å². The van der Waals surface area contributed by atoms with E-state index in [1.165, 1.54) is 17.7 Å². The van der Waals surface area contributed by atoms with Crippen molar-refractivity contribution in [1.82, 2.24) is 5.32 Å². The predicted octanol–water partition coefficient (Wildman–Crippen LogP) is 3.30. The van der Waals surface area contributed by atoms with Crippen LogP contribution in [0.25, 0.3) is 0 Å². The molecule has 2 aromatic rings. The van der Waals surface area contributed by atoms with E-state index in [4.69, 9.17) is 5.26 Å². The second-order valence-electron chi connectivity index (χ2n) is 4.48. The minimum absolute atomic E-state index is 0.216. The lowest BCUT2D eigenvalue weighted by Gasteiger charge is -2.08. The standard InChI is InChI=1S/C16H15FN2/c1-12-8-14(9-18)2-5-15(12)11-19-10-13-3-6-16(17)7-4-13/h2-8,19H,10-11H2,1H3. The van der Waals surface area contributed by atoms with Gasteiger partial charge in [-0.05, 0) is 47.9 Å². The normalized spacial score (nSPS) is 10.2. The molecule has 0 unspecified atom stereocenters. The van der Waals surface area contributed by atoms with Crippen molar-refractivity contribution in [2.24, 2.45) is 0 Å². The molecule has 0 aliphatic heterocycles. The Morgan fingerprint density at radius 3 is 2.47 bits per heavy atom. The van der Waals surface area contributed by atoms with Crippen molar-refractivity contribution in [2.75, 3.05) is 0 Å². The fraction of sp³-hybridized carbons (Fsp3) is 0.188. The minimum Gasteiger partial charge on any atom is -0.309 e. The predicted molar refractivity (Wildman–Crippen MR) is 72.8 cm³/mol. The maximum absolute atomic E-state index is 12.8. The van der Waals surface area contributed by atoms with Crippen molar-refractivity contribution in [3.63, 3.8) is 0 Å². The topological polar surface area (TPSA) is 35.8 Å². The number of hydrogen-bond acceptors (Lipinski definition) is 2. The smallest absolute Gasteiger partial charge is 0.123 e. The molecule has 0 amide bonds. The molecule has 0 aromatic heterocycles. The van der Waals surface area contributed by atoms with E-state index in [2.05, 4.69) is 11.4 Å². The Balaban J connectivity index is 1.92. The summed E-state index contributed by atoms with van der Waals surface area (Å²) in [5, 5.41) is 12.1. The molecule has 0 atom stereocenters. The number of rotatable bonds is 4. The number of halogens is 1. The van der Waals surface area contributed by atoms with Gasteiger partial charge in [0.1, 0.15) is 5.82 Å². The second-order valence-corrected chi connectivity index (χ2v) is 4.48. The summed E-state index contributed by atoms with van der Waals surface area (Å²) >= 11 is 0. The van der Waals surface area contributed by atoms with Crippen molar-refractivity contribution in [2.45, 2.75) is 20.0 Å². The van der Waals surface area contributed by atoms with Gasteiger partial charge in [0.05, 0.1) is 11.6 Å². The first-order chi connectivity index (χ1) is 9.19. The van der Waals surface area contributed by atoms with Gasteiger partial charge in [-0.15, -0.1) is 0 Å².